The molecule has 0 radical (unpaired) electrons. The minimum atomic E-state index is -0.444. The summed E-state index contributed by atoms with van der Waals surface area (Å²) in [5.74, 6) is 1.28. The average Bonchev–Trinajstić information content (AvgIpc) is 2.46. The van der Waals surface area contributed by atoms with Crippen LogP contribution in [-0.2, 0) is 4.74 Å². The van der Waals surface area contributed by atoms with Crippen LogP contribution >= 0.6 is 0 Å². The monoisotopic (exact) mass is 306 g/mol. The lowest BCUT2D eigenvalue weighted by Crippen LogP contribution is -2.45. The minimum absolute atomic E-state index is 0.209. The molecular formula is C16H26N4O2. The van der Waals surface area contributed by atoms with Gasteiger partial charge in [0.05, 0.1) is 6.20 Å². The summed E-state index contributed by atoms with van der Waals surface area (Å²) in [6.07, 6.45) is 7.04. The Bertz CT molecular complexity index is 487. The molecular weight excluding hydrogens is 280 g/mol. The molecule has 6 heteroatoms. The highest BCUT2D eigenvalue weighted by atomic mass is 16.6. The lowest BCUT2D eigenvalue weighted by atomic mass is 9.98. The van der Waals surface area contributed by atoms with Crippen LogP contribution in [0.4, 0.5) is 10.6 Å². The molecule has 122 valence electrons. The molecule has 2 heterocycles. The van der Waals surface area contributed by atoms with Crippen molar-refractivity contribution in [1.29, 1.82) is 0 Å². The van der Waals surface area contributed by atoms with E-state index >= 15 is 0 Å². The molecule has 0 N–H and O–H groups in total. The van der Waals surface area contributed by atoms with Gasteiger partial charge in [-0.15, -0.1) is 0 Å². The van der Waals surface area contributed by atoms with E-state index in [0.29, 0.717) is 5.92 Å². The van der Waals surface area contributed by atoms with Crippen molar-refractivity contribution in [3.8, 4) is 0 Å². The van der Waals surface area contributed by atoms with Gasteiger partial charge in [-0.1, -0.05) is 0 Å². The van der Waals surface area contributed by atoms with E-state index in [1.165, 1.54) is 0 Å². The molecule has 1 atom stereocenters. The van der Waals surface area contributed by atoms with Gasteiger partial charge >= 0.3 is 6.09 Å². The highest BCUT2D eigenvalue weighted by Gasteiger charge is 2.28. The third-order valence-corrected chi connectivity index (χ3v) is 3.64. The molecule has 0 unspecified atom stereocenters. The predicted molar refractivity (Wildman–Crippen MR) is 85.8 cm³/mol. The first-order valence-electron chi connectivity index (χ1n) is 7.80. The van der Waals surface area contributed by atoms with E-state index in [-0.39, 0.29) is 6.09 Å². The second-order valence-electron chi connectivity index (χ2n) is 6.88. The fourth-order valence-corrected chi connectivity index (χ4v) is 2.68. The van der Waals surface area contributed by atoms with Crippen LogP contribution in [0.15, 0.2) is 18.6 Å². The smallest absolute Gasteiger partial charge is 0.410 e. The van der Waals surface area contributed by atoms with Gasteiger partial charge in [0.2, 0.25) is 0 Å². The van der Waals surface area contributed by atoms with E-state index in [4.69, 9.17) is 4.74 Å². The van der Waals surface area contributed by atoms with Crippen molar-refractivity contribution in [2.24, 2.45) is 5.92 Å². The maximum Gasteiger partial charge on any atom is 0.410 e. The second-order valence-corrected chi connectivity index (χ2v) is 6.88. The van der Waals surface area contributed by atoms with E-state index in [1.54, 1.807) is 18.6 Å². The van der Waals surface area contributed by atoms with Gasteiger partial charge in [0.1, 0.15) is 11.4 Å². The van der Waals surface area contributed by atoms with Gasteiger partial charge in [-0.05, 0) is 39.5 Å². The third kappa shape index (κ3) is 4.86. The molecule has 22 heavy (non-hydrogen) atoms. The van der Waals surface area contributed by atoms with Gasteiger partial charge in [0, 0.05) is 39.1 Å². The van der Waals surface area contributed by atoms with E-state index in [2.05, 4.69) is 14.9 Å². The van der Waals surface area contributed by atoms with Gasteiger partial charge < -0.3 is 14.5 Å². The lowest BCUT2D eigenvalue weighted by Gasteiger charge is -2.35. The molecule has 0 saturated carbocycles. The number of anilines is 1. The standard InChI is InChI=1S/C16H26N4O2/c1-16(2,3)22-15(21)20-9-5-6-13(12-20)11-19(4)14-10-17-7-8-18-14/h7-8,10,13H,5-6,9,11-12H2,1-4H3/t13-/m1/s1. The number of nitrogens with zero attached hydrogens (tertiary/aromatic N) is 4. The number of hydrogen-bond acceptors (Lipinski definition) is 5. The SMILES string of the molecule is CN(C[C@H]1CCCN(C(=O)OC(C)(C)C)C1)c1cnccn1. The largest absolute Gasteiger partial charge is 0.444 e. The summed E-state index contributed by atoms with van der Waals surface area (Å²) in [7, 11) is 2.01. The highest BCUT2D eigenvalue weighted by Crippen LogP contribution is 2.21. The Kier molecular flexibility index (Phi) is 5.21. The Morgan fingerprint density at radius 3 is 2.86 bits per heavy atom. The van der Waals surface area contributed by atoms with Crippen molar-refractivity contribution < 1.29 is 9.53 Å². The van der Waals surface area contributed by atoms with E-state index in [1.807, 2.05) is 32.7 Å². The van der Waals surface area contributed by atoms with Crippen LogP contribution in [0, 0.1) is 5.92 Å². The van der Waals surface area contributed by atoms with Crippen molar-refractivity contribution in [3.63, 3.8) is 0 Å². The number of hydrogen-bond donors (Lipinski definition) is 0. The van der Waals surface area contributed by atoms with Crippen LogP contribution in [0.5, 0.6) is 0 Å². The van der Waals surface area contributed by atoms with E-state index in [9.17, 15) is 4.79 Å². The highest BCUT2D eigenvalue weighted by molar-refractivity contribution is 5.68. The Morgan fingerprint density at radius 1 is 1.45 bits per heavy atom. The number of rotatable bonds is 3. The zero-order chi connectivity index (χ0) is 16.2. The number of aromatic nitrogens is 2. The first-order valence-corrected chi connectivity index (χ1v) is 7.80. The van der Waals surface area contributed by atoms with E-state index in [0.717, 1.165) is 38.3 Å². The number of carbonyl (C=O) groups is 1. The number of likely N-dealkylation sites (tertiary alicyclic amines) is 1. The Hall–Kier alpha value is -1.85. The molecule has 0 bridgehead atoms. The summed E-state index contributed by atoms with van der Waals surface area (Å²) in [5.41, 5.74) is -0.444. The minimum Gasteiger partial charge on any atom is -0.444 e. The maximum atomic E-state index is 12.2. The maximum absolute atomic E-state index is 12.2. The quantitative estimate of drug-likeness (QED) is 0.859. The average molecular weight is 306 g/mol. The van der Waals surface area contributed by atoms with Crippen LogP contribution in [0.2, 0.25) is 0 Å². The number of ether oxygens (including phenoxy) is 1. The van der Waals surface area contributed by atoms with Crippen molar-refractivity contribution in [1.82, 2.24) is 14.9 Å². The predicted octanol–water partition coefficient (Wildman–Crippen LogP) is 2.56. The van der Waals surface area contributed by atoms with Gasteiger partial charge in [0.15, 0.2) is 0 Å². The Labute approximate surface area is 132 Å². The molecule has 1 aliphatic rings. The van der Waals surface area contributed by atoms with Crippen molar-refractivity contribution in [2.75, 3.05) is 31.6 Å². The van der Waals surface area contributed by atoms with E-state index < -0.39 is 5.60 Å². The summed E-state index contributed by atoms with van der Waals surface area (Å²) in [6, 6.07) is 0. The molecule has 1 amide bonds. The first kappa shape index (κ1) is 16.5. The van der Waals surface area contributed by atoms with Crippen LogP contribution < -0.4 is 4.90 Å². The first-order chi connectivity index (χ1) is 10.3. The fraction of sp³-hybridized carbons (Fsp3) is 0.688. The molecule has 1 aromatic heterocycles. The molecule has 0 aliphatic carbocycles. The molecule has 0 aromatic carbocycles. The summed E-state index contributed by atoms with van der Waals surface area (Å²) < 4.78 is 5.47. The number of amides is 1. The molecule has 1 saturated heterocycles. The summed E-state index contributed by atoms with van der Waals surface area (Å²) >= 11 is 0. The second kappa shape index (κ2) is 6.94. The summed E-state index contributed by atoms with van der Waals surface area (Å²) in [5, 5.41) is 0. The molecule has 1 aliphatic heterocycles. The van der Waals surface area contributed by atoms with Crippen LogP contribution in [0.25, 0.3) is 0 Å². The number of carbonyl (C=O) groups excluding carboxylic acids is 1. The van der Waals surface area contributed by atoms with Crippen LogP contribution in [-0.4, -0.2) is 53.2 Å². The van der Waals surface area contributed by atoms with Crippen molar-refractivity contribution in [2.45, 2.75) is 39.2 Å². The normalized spacial score (nSPS) is 18.9. The Balaban J connectivity index is 1.89. The van der Waals surface area contributed by atoms with Crippen LogP contribution in [0.3, 0.4) is 0 Å². The molecule has 1 aromatic rings. The summed E-state index contributed by atoms with van der Waals surface area (Å²) in [6.45, 7) is 8.06. The zero-order valence-electron chi connectivity index (χ0n) is 14.0. The van der Waals surface area contributed by atoms with Crippen molar-refractivity contribution in [3.05, 3.63) is 18.6 Å². The molecule has 6 nitrogen and oxygen atoms in total. The topological polar surface area (TPSA) is 58.6 Å². The molecule has 0 spiro atoms. The van der Waals surface area contributed by atoms with Crippen molar-refractivity contribution >= 4 is 11.9 Å². The fourth-order valence-electron chi connectivity index (χ4n) is 2.68. The molecule has 1 fully saturated rings. The summed E-state index contributed by atoms with van der Waals surface area (Å²) in [4.78, 5) is 24.5. The van der Waals surface area contributed by atoms with Gasteiger partial charge in [-0.2, -0.15) is 0 Å². The number of piperidine rings is 1. The lowest BCUT2D eigenvalue weighted by molar-refractivity contribution is 0.0170. The third-order valence-electron chi connectivity index (χ3n) is 3.64. The Morgan fingerprint density at radius 2 is 2.23 bits per heavy atom. The molecule has 2 rings (SSSR count). The van der Waals surface area contributed by atoms with Gasteiger partial charge in [-0.3, -0.25) is 4.98 Å². The zero-order valence-corrected chi connectivity index (χ0v) is 14.0. The van der Waals surface area contributed by atoms with Crippen LogP contribution in [0.1, 0.15) is 33.6 Å². The van der Waals surface area contributed by atoms with Gasteiger partial charge in [-0.25, -0.2) is 9.78 Å². The van der Waals surface area contributed by atoms with Gasteiger partial charge in [0.25, 0.3) is 0 Å².